The molecule has 3 N–H and O–H groups in total. The maximum Gasteiger partial charge on any atom is 0.312 e. The Labute approximate surface area is 210 Å². The second kappa shape index (κ2) is 7.66. The third-order valence-corrected chi connectivity index (χ3v) is 12.7. The molecule has 5 aliphatic rings. The second-order valence-corrected chi connectivity index (χ2v) is 14.7. The zero-order valence-corrected chi connectivity index (χ0v) is 22.6. The summed E-state index contributed by atoms with van der Waals surface area (Å²) in [7, 11) is 0. The number of carboxylic acid groups (broad SMARTS) is 1. The minimum atomic E-state index is -1.11. The van der Waals surface area contributed by atoms with Gasteiger partial charge in [-0.15, -0.1) is 0 Å². The first-order valence-corrected chi connectivity index (χ1v) is 14.0. The molecule has 0 saturated heterocycles. The summed E-state index contributed by atoms with van der Waals surface area (Å²) < 4.78 is 0. The summed E-state index contributed by atoms with van der Waals surface area (Å²) in [6.45, 7) is 12.9. The average Bonchev–Trinajstić information content (AvgIpc) is 2.90. The number of carboxylic acids is 1. The molecule has 5 nitrogen and oxygen atoms in total. The van der Waals surface area contributed by atoms with Gasteiger partial charge in [-0.2, -0.15) is 0 Å². The summed E-state index contributed by atoms with van der Waals surface area (Å²) in [5.41, 5.74) is -0.490. The van der Waals surface area contributed by atoms with Crippen molar-refractivity contribution in [1.82, 2.24) is 0 Å². The lowest BCUT2D eigenvalue weighted by atomic mass is 9.41. The van der Waals surface area contributed by atoms with Gasteiger partial charge in [0.1, 0.15) is 0 Å². The van der Waals surface area contributed by atoms with E-state index in [2.05, 4.69) is 34.6 Å². The molecule has 35 heavy (non-hydrogen) atoms. The lowest BCUT2D eigenvalue weighted by Crippen LogP contribution is -2.61. The zero-order chi connectivity index (χ0) is 25.8. The van der Waals surface area contributed by atoms with E-state index in [1.165, 1.54) is 5.57 Å². The molecule has 4 fully saturated rings. The van der Waals surface area contributed by atoms with Crippen LogP contribution in [0.3, 0.4) is 0 Å². The third-order valence-electron chi connectivity index (χ3n) is 12.7. The Bertz CT molecular complexity index is 968. The van der Waals surface area contributed by atoms with Crippen molar-refractivity contribution in [1.29, 1.82) is 0 Å². The minimum Gasteiger partial charge on any atom is -0.481 e. The number of aliphatic hydroxyl groups excluding tert-OH is 2. The molecular weight excluding hydrogens is 440 g/mol. The lowest BCUT2D eigenvalue weighted by molar-refractivity contribution is -0.199. The first-order chi connectivity index (χ1) is 16.1. The molecule has 5 heteroatoms. The largest absolute Gasteiger partial charge is 0.481 e. The molecule has 0 spiro atoms. The van der Waals surface area contributed by atoms with E-state index in [4.69, 9.17) is 0 Å². The summed E-state index contributed by atoms with van der Waals surface area (Å²) in [6.07, 6.45) is 8.46. The van der Waals surface area contributed by atoms with Crippen LogP contribution in [0.2, 0.25) is 0 Å². The number of allylic oxidation sites excluding steroid dienone is 2. The van der Waals surface area contributed by atoms with Crippen molar-refractivity contribution in [2.45, 2.75) is 112 Å². The molecule has 0 aromatic carbocycles. The van der Waals surface area contributed by atoms with E-state index in [0.717, 1.165) is 51.4 Å². The number of hydrogen-bond acceptors (Lipinski definition) is 4. The van der Waals surface area contributed by atoms with Crippen LogP contribution in [0.4, 0.5) is 0 Å². The highest BCUT2D eigenvalue weighted by atomic mass is 16.4. The van der Waals surface area contributed by atoms with E-state index in [0.29, 0.717) is 18.3 Å². The van der Waals surface area contributed by atoms with Gasteiger partial charge in [0, 0.05) is 11.3 Å². The molecule has 4 saturated carbocycles. The summed E-state index contributed by atoms with van der Waals surface area (Å²) in [5.74, 6) is -0.171. The second-order valence-electron chi connectivity index (χ2n) is 14.7. The van der Waals surface area contributed by atoms with Crippen LogP contribution in [0, 0.1) is 50.7 Å². The van der Waals surface area contributed by atoms with Crippen LogP contribution in [-0.2, 0) is 9.59 Å². The number of aliphatic carboxylic acids is 1. The van der Waals surface area contributed by atoms with Gasteiger partial charge < -0.3 is 15.3 Å². The summed E-state index contributed by atoms with van der Waals surface area (Å²) in [6, 6.07) is 0. The number of ketones is 1. The number of fused-ring (bicyclic) bond motifs is 6. The van der Waals surface area contributed by atoms with Gasteiger partial charge in [0.25, 0.3) is 0 Å². The molecule has 196 valence electrons. The highest BCUT2D eigenvalue weighted by Crippen LogP contribution is 2.70. The van der Waals surface area contributed by atoms with E-state index in [-0.39, 0.29) is 33.9 Å². The van der Waals surface area contributed by atoms with Gasteiger partial charge in [-0.1, -0.05) is 40.2 Å². The minimum absolute atomic E-state index is 0.0285. The highest BCUT2D eigenvalue weighted by Gasteiger charge is 2.66. The number of rotatable bonds is 1. The first kappa shape index (κ1) is 25.4. The zero-order valence-electron chi connectivity index (χ0n) is 22.6. The molecule has 10 atom stereocenters. The Kier molecular flexibility index (Phi) is 5.57. The van der Waals surface area contributed by atoms with Crippen LogP contribution in [0.5, 0.6) is 0 Å². The fraction of sp³-hybridized carbons (Fsp3) is 0.867. The van der Waals surface area contributed by atoms with Crippen molar-refractivity contribution in [2.75, 3.05) is 0 Å². The van der Waals surface area contributed by atoms with Crippen LogP contribution in [-0.4, -0.2) is 39.3 Å². The smallest absolute Gasteiger partial charge is 0.312 e. The van der Waals surface area contributed by atoms with E-state index >= 15 is 0 Å². The molecule has 0 aliphatic heterocycles. The molecular formula is C30H46O5. The Morgan fingerprint density at radius 1 is 0.829 bits per heavy atom. The van der Waals surface area contributed by atoms with Crippen molar-refractivity contribution >= 4 is 11.8 Å². The van der Waals surface area contributed by atoms with Crippen LogP contribution < -0.4 is 0 Å². The molecule has 5 aliphatic carbocycles. The van der Waals surface area contributed by atoms with Gasteiger partial charge in [-0.3, -0.25) is 9.59 Å². The van der Waals surface area contributed by atoms with Crippen LogP contribution in [0.25, 0.3) is 0 Å². The van der Waals surface area contributed by atoms with Crippen molar-refractivity contribution in [2.24, 2.45) is 50.7 Å². The predicted octanol–water partition coefficient (Wildman–Crippen LogP) is 5.38. The van der Waals surface area contributed by atoms with Crippen molar-refractivity contribution in [3.05, 3.63) is 11.6 Å². The molecule has 0 bridgehead atoms. The van der Waals surface area contributed by atoms with Gasteiger partial charge in [0.15, 0.2) is 5.78 Å². The Morgan fingerprint density at radius 2 is 1.46 bits per heavy atom. The molecule has 0 aromatic heterocycles. The van der Waals surface area contributed by atoms with Crippen molar-refractivity contribution in [3.63, 3.8) is 0 Å². The van der Waals surface area contributed by atoms with Gasteiger partial charge in [0.05, 0.1) is 17.6 Å². The number of aliphatic hydroxyl groups is 2. The van der Waals surface area contributed by atoms with E-state index in [1.807, 2.05) is 6.08 Å². The fourth-order valence-corrected chi connectivity index (χ4v) is 10.9. The van der Waals surface area contributed by atoms with Crippen LogP contribution >= 0.6 is 0 Å². The van der Waals surface area contributed by atoms with E-state index in [9.17, 15) is 24.9 Å². The normalized spacial score (nSPS) is 53.3. The van der Waals surface area contributed by atoms with Crippen molar-refractivity contribution < 1.29 is 24.9 Å². The van der Waals surface area contributed by atoms with Gasteiger partial charge in [-0.25, -0.2) is 0 Å². The highest BCUT2D eigenvalue weighted by molar-refractivity contribution is 5.95. The summed E-state index contributed by atoms with van der Waals surface area (Å²) >= 11 is 0. The Morgan fingerprint density at radius 3 is 2.11 bits per heavy atom. The lowest BCUT2D eigenvalue weighted by Gasteiger charge is -2.63. The third kappa shape index (κ3) is 3.19. The number of hydrogen-bond donors (Lipinski definition) is 3. The average molecular weight is 487 g/mol. The molecule has 5 rings (SSSR count). The van der Waals surface area contributed by atoms with E-state index in [1.54, 1.807) is 6.92 Å². The first-order valence-electron chi connectivity index (χ1n) is 14.0. The number of carbonyl (C=O) groups is 2. The molecule has 0 aromatic rings. The van der Waals surface area contributed by atoms with Crippen molar-refractivity contribution in [3.8, 4) is 0 Å². The molecule has 0 amide bonds. The van der Waals surface area contributed by atoms with Gasteiger partial charge in [0.2, 0.25) is 0 Å². The van der Waals surface area contributed by atoms with E-state index < -0.39 is 29.0 Å². The summed E-state index contributed by atoms with van der Waals surface area (Å²) in [4.78, 5) is 26.1. The number of carbonyl (C=O) groups excluding carboxylic acids is 1. The predicted molar refractivity (Wildman–Crippen MR) is 134 cm³/mol. The topological polar surface area (TPSA) is 94.8 Å². The molecule has 0 heterocycles. The maximum absolute atomic E-state index is 13.6. The monoisotopic (exact) mass is 486 g/mol. The Balaban J connectivity index is 1.55. The summed E-state index contributed by atoms with van der Waals surface area (Å²) in [5, 5.41) is 31.9. The standard InChI is InChI=1S/C30H46O5/c1-26(2)22(32)10-13-28(4)18-7-8-20-27(3,16-17(18)15-19(31)24(26)28)12-9-21-29(20,5)14-11-23(33)30(21,6)25(34)35/h15,18,20-24,32-33H,7-14,16H2,1-6H3,(H,34,35)/t18-,20+,21+,22+,23+,24-,27-,28+,29+,30+/m0/s1. The fourth-order valence-electron chi connectivity index (χ4n) is 10.9. The van der Waals surface area contributed by atoms with Crippen LogP contribution in [0.15, 0.2) is 11.6 Å². The van der Waals surface area contributed by atoms with Crippen LogP contribution in [0.1, 0.15) is 99.3 Å². The SMILES string of the molecule is CC1(C)[C@H](O)CC[C@]2(C)[C@H]3CC[C@@H]4[C@@](C)(CC[C@@H]5[C@]4(C)CC[C@@H](O)[C@]5(C)C(=O)O)CC3=CC(=O)[C@@H]12. The molecule has 0 radical (unpaired) electrons. The molecule has 0 unspecified atom stereocenters. The Hall–Kier alpha value is -1.20. The quantitative estimate of drug-likeness (QED) is 0.462. The van der Waals surface area contributed by atoms with Gasteiger partial charge in [-0.05, 0) is 105 Å². The maximum atomic E-state index is 13.6. The van der Waals surface area contributed by atoms with Gasteiger partial charge >= 0.3 is 5.97 Å².